The molecule has 5 heteroatoms. The molecule has 1 aromatic rings. The van der Waals surface area contributed by atoms with Crippen LogP contribution in [-0.4, -0.2) is 8.42 Å². The number of rotatable bonds is 2. The van der Waals surface area contributed by atoms with E-state index in [0.717, 1.165) is 0 Å². The summed E-state index contributed by atoms with van der Waals surface area (Å²) in [6, 6.07) is 1.41. The van der Waals surface area contributed by atoms with Crippen molar-refractivity contribution in [3.05, 3.63) is 18.6 Å². The highest BCUT2D eigenvalue weighted by molar-refractivity contribution is 7.67. The first-order chi connectivity index (χ1) is 4.29. The maximum atomic E-state index is 9.84. The molecule has 0 atom stereocenters. The molecule has 0 N–H and O–H groups in total. The summed E-state index contributed by atoms with van der Waals surface area (Å²) in [5, 5.41) is 0. The average molecular weight is 148 g/mol. The Morgan fingerprint density at radius 3 is 2.78 bits per heavy atom. The molecule has 0 spiro atoms. The van der Waals surface area contributed by atoms with Crippen molar-refractivity contribution in [2.75, 3.05) is 0 Å². The molecular formula is C4H4O4S. The lowest BCUT2D eigenvalue weighted by atomic mass is 10.6. The molecule has 0 saturated carbocycles. The highest BCUT2D eigenvalue weighted by Crippen LogP contribution is 2.08. The summed E-state index contributed by atoms with van der Waals surface area (Å²) in [6.45, 7) is 0. The Morgan fingerprint density at radius 2 is 2.33 bits per heavy atom. The van der Waals surface area contributed by atoms with Crippen LogP contribution in [0.25, 0.3) is 0 Å². The van der Waals surface area contributed by atoms with Crippen molar-refractivity contribution in [2.24, 2.45) is 0 Å². The lowest BCUT2D eigenvalue weighted by Gasteiger charge is -1.85. The molecule has 4 nitrogen and oxygen atoms in total. The quantitative estimate of drug-likeness (QED) is 0.608. The van der Waals surface area contributed by atoms with Crippen LogP contribution < -0.4 is 4.18 Å². The lowest BCUT2D eigenvalue weighted by Crippen LogP contribution is -1.86. The van der Waals surface area contributed by atoms with Gasteiger partial charge in [-0.05, 0) is 0 Å². The van der Waals surface area contributed by atoms with Crippen LogP contribution in [0.2, 0.25) is 0 Å². The number of hydrogen-bond acceptors (Lipinski definition) is 4. The van der Waals surface area contributed by atoms with Gasteiger partial charge >= 0.3 is 0 Å². The maximum Gasteiger partial charge on any atom is 0.299 e. The van der Waals surface area contributed by atoms with E-state index in [1.165, 1.54) is 18.6 Å². The molecule has 0 unspecified atom stereocenters. The summed E-state index contributed by atoms with van der Waals surface area (Å²) in [5.74, 6) is 0.200. The van der Waals surface area contributed by atoms with Crippen LogP contribution >= 0.6 is 0 Å². The third kappa shape index (κ3) is 1.77. The van der Waals surface area contributed by atoms with E-state index in [9.17, 15) is 8.42 Å². The molecule has 0 aliphatic rings. The van der Waals surface area contributed by atoms with E-state index < -0.39 is 11.0 Å². The first-order valence-corrected chi connectivity index (χ1v) is 3.23. The largest absolute Gasteiger partial charge is 0.469 e. The summed E-state index contributed by atoms with van der Waals surface area (Å²) in [5.41, 5.74) is 0. The molecule has 0 radical (unpaired) electrons. The van der Waals surface area contributed by atoms with Crippen LogP contribution in [0.15, 0.2) is 23.0 Å². The number of thiol groups is 1. The zero-order chi connectivity index (χ0) is 6.69. The summed E-state index contributed by atoms with van der Waals surface area (Å²) >= 11 is 0. The van der Waals surface area contributed by atoms with E-state index in [4.69, 9.17) is 0 Å². The van der Waals surface area contributed by atoms with Gasteiger partial charge in [-0.15, -0.1) is 0 Å². The molecular weight excluding hydrogens is 144 g/mol. The summed E-state index contributed by atoms with van der Waals surface area (Å²) in [6.07, 6.45) is 2.53. The molecule has 50 valence electrons. The van der Waals surface area contributed by atoms with E-state index in [1.54, 1.807) is 0 Å². The predicted octanol–water partition coefficient (Wildman–Crippen LogP) is 0.185. The monoisotopic (exact) mass is 148 g/mol. The second kappa shape index (κ2) is 2.54. The van der Waals surface area contributed by atoms with Crippen molar-refractivity contribution in [1.82, 2.24) is 0 Å². The predicted molar refractivity (Wildman–Crippen MR) is 29.7 cm³/mol. The first kappa shape index (κ1) is 6.15. The van der Waals surface area contributed by atoms with E-state index in [0.29, 0.717) is 0 Å². The van der Waals surface area contributed by atoms with Gasteiger partial charge in [-0.25, -0.2) is 0 Å². The molecule has 9 heavy (non-hydrogen) atoms. The molecule has 0 aliphatic carbocycles. The standard InChI is InChI=1S/C4H4O4S/c5-9(6)8-4-1-2-7-3-4/h1-3,9H. The summed E-state index contributed by atoms with van der Waals surface area (Å²) < 4.78 is 28.4. The van der Waals surface area contributed by atoms with E-state index >= 15 is 0 Å². The third-order valence-electron chi connectivity index (χ3n) is 0.675. The highest BCUT2D eigenvalue weighted by Gasteiger charge is 1.92. The van der Waals surface area contributed by atoms with Gasteiger partial charge < -0.3 is 8.60 Å². The Morgan fingerprint density at radius 1 is 1.56 bits per heavy atom. The summed E-state index contributed by atoms with van der Waals surface area (Å²) in [7, 11) is -2.81. The molecule has 0 amide bonds. The third-order valence-corrected chi connectivity index (χ3v) is 1.03. The zero-order valence-electron chi connectivity index (χ0n) is 4.31. The number of furan rings is 1. The van der Waals surface area contributed by atoms with Crippen LogP contribution in [0.1, 0.15) is 0 Å². The molecule has 0 aromatic carbocycles. The van der Waals surface area contributed by atoms with E-state index in [-0.39, 0.29) is 5.75 Å². The smallest absolute Gasteiger partial charge is 0.299 e. The minimum absolute atomic E-state index is 0.200. The SMILES string of the molecule is O=[SH](=O)Oc1ccoc1. The van der Waals surface area contributed by atoms with E-state index in [2.05, 4.69) is 8.60 Å². The van der Waals surface area contributed by atoms with Crippen molar-refractivity contribution in [3.63, 3.8) is 0 Å². The Kier molecular flexibility index (Phi) is 1.74. The highest BCUT2D eigenvalue weighted by atomic mass is 32.2. The molecule has 1 rings (SSSR count). The van der Waals surface area contributed by atoms with Crippen molar-refractivity contribution in [2.45, 2.75) is 0 Å². The summed E-state index contributed by atoms with van der Waals surface area (Å²) in [4.78, 5) is 0. The fourth-order valence-electron chi connectivity index (χ4n) is 0.390. The van der Waals surface area contributed by atoms with Crippen molar-refractivity contribution in [1.29, 1.82) is 0 Å². The average Bonchev–Trinajstić information content (AvgIpc) is 2.15. The van der Waals surface area contributed by atoms with Gasteiger partial charge in [-0.1, -0.05) is 0 Å². The van der Waals surface area contributed by atoms with Gasteiger partial charge in [0, 0.05) is 6.07 Å². The first-order valence-electron chi connectivity index (χ1n) is 2.13. The topological polar surface area (TPSA) is 56.5 Å². The van der Waals surface area contributed by atoms with Gasteiger partial charge in [0.15, 0.2) is 5.75 Å². The minimum atomic E-state index is -2.81. The lowest BCUT2D eigenvalue weighted by molar-refractivity contribution is 0.497. The molecule has 0 bridgehead atoms. The molecule has 1 heterocycles. The van der Waals surface area contributed by atoms with Gasteiger partial charge in [-0.2, -0.15) is 8.42 Å². The van der Waals surface area contributed by atoms with Crippen molar-refractivity contribution in [3.8, 4) is 5.75 Å². The van der Waals surface area contributed by atoms with Crippen LogP contribution in [0.4, 0.5) is 0 Å². The van der Waals surface area contributed by atoms with Crippen LogP contribution in [0.5, 0.6) is 5.75 Å². The second-order valence-corrected chi connectivity index (χ2v) is 1.90. The molecule has 0 fully saturated rings. The number of hydrogen-bond donors (Lipinski definition) is 1. The van der Waals surface area contributed by atoms with Crippen LogP contribution in [0, 0.1) is 0 Å². The fraction of sp³-hybridized carbons (Fsp3) is 0. The fourth-order valence-corrected chi connectivity index (χ4v) is 0.666. The molecule has 0 aliphatic heterocycles. The van der Waals surface area contributed by atoms with Gasteiger partial charge in [0.2, 0.25) is 0 Å². The van der Waals surface area contributed by atoms with Gasteiger partial charge in [-0.3, -0.25) is 0 Å². The zero-order valence-corrected chi connectivity index (χ0v) is 5.21. The van der Waals surface area contributed by atoms with E-state index in [1.807, 2.05) is 0 Å². The second-order valence-electron chi connectivity index (χ2n) is 1.27. The van der Waals surface area contributed by atoms with Gasteiger partial charge in [0.1, 0.15) is 6.26 Å². The Balaban J connectivity index is 2.68. The molecule has 0 saturated heterocycles. The maximum absolute atomic E-state index is 9.84. The van der Waals surface area contributed by atoms with Crippen LogP contribution in [-0.2, 0) is 11.0 Å². The normalized spacial score (nSPS) is 9.89. The molecule has 1 aromatic heterocycles. The Labute approximate surface area is 53.2 Å². The van der Waals surface area contributed by atoms with Crippen molar-refractivity contribution >= 4 is 11.0 Å². The Hall–Kier alpha value is -0.970. The van der Waals surface area contributed by atoms with Crippen molar-refractivity contribution < 1.29 is 17.0 Å². The minimum Gasteiger partial charge on any atom is -0.469 e. The van der Waals surface area contributed by atoms with Crippen LogP contribution in [0.3, 0.4) is 0 Å². The Bertz CT molecular complexity index is 227. The van der Waals surface area contributed by atoms with Gasteiger partial charge in [0.05, 0.1) is 6.26 Å². The van der Waals surface area contributed by atoms with Gasteiger partial charge in [0.25, 0.3) is 11.0 Å².